The van der Waals surface area contributed by atoms with Crippen LogP contribution in [0.1, 0.15) is 15.9 Å². The van der Waals surface area contributed by atoms with Crippen molar-refractivity contribution in [1.82, 2.24) is 4.90 Å². The van der Waals surface area contributed by atoms with E-state index < -0.39 is 5.82 Å². The van der Waals surface area contributed by atoms with E-state index in [0.29, 0.717) is 17.8 Å². The standard InChI is InChI=1S/C16H17FN2O2/c1-19(10-11-3-6-13(18)7-4-11)16(20)12-5-8-14(17)15(9-12)21-2/h3-9H,10,18H2,1-2H3. The number of hydrogen-bond donors (Lipinski definition) is 1. The molecule has 0 spiro atoms. The SMILES string of the molecule is COc1cc(C(=O)N(C)Cc2ccc(N)cc2)ccc1F. The molecule has 2 rings (SSSR count). The third-order valence-corrected chi connectivity index (χ3v) is 3.14. The molecule has 1 amide bonds. The molecule has 21 heavy (non-hydrogen) atoms. The molecule has 5 heteroatoms. The highest BCUT2D eigenvalue weighted by Crippen LogP contribution is 2.19. The van der Waals surface area contributed by atoms with E-state index in [9.17, 15) is 9.18 Å². The van der Waals surface area contributed by atoms with E-state index in [-0.39, 0.29) is 11.7 Å². The van der Waals surface area contributed by atoms with Crippen LogP contribution >= 0.6 is 0 Å². The van der Waals surface area contributed by atoms with Crippen molar-refractivity contribution in [2.75, 3.05) is 19.9 Å². The van der Waals surface area contributed by atoms with Gasteiger partial charge in [-0.1, -0.05) is 12.1 Å². The molecular formula is C16H17FN2O2. The summed E-state index contributed by atoms with van der Waals surface area (Å²) in [6, 6.07) is 11.4. The Bertz CT molecular complexity index is 641. The van der Waals surface area contributed by atoms with Gasteiger partial charge in [-0.15, -0.1) is 0 Å². The van der Waals surface area contributed by atoms with Gasteiger partial charge < -0.3 is 15.4 Å². The topological polar surface area (TPSA) is 55.6 Å². The van der Waals surface area contributed by atoms with Crippen molar-refractivity contribution in [1.29, 1.82) is 0 Å². The lowest BCUT2D eigenvalue weighted by Gasteiger charge is -2.18. The monoisotopic (exact) mass is 288 g/mol. The maximum Gasteiger partial charge on any atom is 0.254 e. The van der Waals surface area contributed by atoms with Gasteiger partial charge in [0.05, 0.1) is 7.11 Å². The molecule has 110 valence electrons. The summed E-state index contributed by atoms with van der Waals surface area (Å²) >= 11 is 0. The van der Waals surface area contributed by atoms with E-state index in [0.717, 1.165) is 5.56 Å². The largest absolute Gasteiger partial charge is 0.494 e. The first-order chi connectivity index (χ1) is 10.0. The van der Waals surface area contributed by atoms with Gasteiger partial charge in [0.1, 0.15) is 0 Å². The average molecular weight is 288 g/mol. The van der Waals surface area contributed by atoms with Crippen LogP contribution in [-0.4, -0.2) is 25.0 Å². The number of carbonyl (C=O) groups excluding carboxylic acids is 1. The Hall–Kier alpha value is -2.56. The smallest absolute Gasteiger partial charge is 0.254 e. The van der Waals surface area contributed by atoms with E-state index in [1.807, 2.05) is 12.1 Å². The second-order valence-corrected chi connectivity index (χ2v) is 4.75. The first-order valence-corrected chi connectivity index (χ1v) is 6.44. The molecule has 2 aromatic rings. The second kappa shape index (κ2) is 6.26. The lowest BCUT2D eigenvalue weighted by atomic mass is 10.1. The minimum Gasteiger partial charge on any atom is -0.494 e. The number of carbonyl (C=O) groups is 1. The number of benzene rings is 2. The summed E-state index contributed by atoms with van der Waals surface area (Å²) in [6.07, 6.45) is 0. The third kappa shape index (κ3) is 3.51. The van der Waals surface area contributed by atoms with Gasteiger partial charge in [-0.2, -0.15) is 0 Å². The van der Waals surface area contributed by atoms with Crippen molar-refractivity contribution in [2.24, 2.45) is 0 Å². The van der Waals surface area contributed by atoms with Gasteiger partial charge in [0.15, 0.2) is 11.6 Å². The minimum atomic E-state index is -0.491. The number of nitrogens with two attached hydrogens (primary N) is 1. The van der Waals surface area contributed by atoms with Crippen LogP contribution in [0, 0.1) is 5.82 Å². The molecule has 0 fully saturated rings. The maximum atomic E-state index is 13.4. The summed E-state index contributed by atoms with van der Waals surface area (Å²) in [4.78, 5) is 13.9. The average Bonchev–Trinajstić information content (AvgIpc) is 2.49. The molecule has 0 aliphatic rings. The van der Waals surface area contributed by atoms with Gasteiger partial charge >= 0.3 is 0 Å². The van der Waals surface area contributed by atoms with Gasteiger partial charge in [-0.3, -0.25) is 4.79 Å². The van der Waals surface area contributed by atoms with Crippen molar-refractivity contribution < 1.29 is 13.9 Å². The van der Waals surface area contributed by atoms with Crippen LogP contribution in [-0.2, 0) is 6.54 Å². The number of anilines is 1. The Labute approximate surface area is 122 Å². The first kappa shape index (κ1) is 14.8. The van der Waals surface area contributed by atoms with Crippen molar-refractivity contribution in [3.05, 3.63) is 59.4 Å². The lowest BCUT2D eigenvalue weighted by molar-refractivity contribution is 0.0784. The molecule has 0 bridgehead atoms. The first-order valence-electron chi connectivity index (χ1n) is 6.44. The molecule has 0 heterocycles. The Balaban J connectivity index is 2.13. The van der Waals surface area contributed by atoms with Crippen LogP contribution < -0.4 is 10.5 Å². The van der Waals surface area contributed by atoms with Crippen LogP contribution in [0.15, 0.2) is 42.5 Å². The van der Waals surface area contributed by atoms with Crippen molar-refractivity contribution in [3.8, 4) is 5.75 Å². The van der Waals surface area contributed by atoms with Gasteiger partial charge in [-0.25, -0.2) is 4.39 Å². The maximum absolute atomic E-state index is 13.4. The molecule has 0 atom stereocenters. The number of nitrogens with zero attached hydrogens (tertiary/aromatic N) is 1. The molecule has 0 unspecified atom stereocenters. The normalized spacial score (nSPS) is 10.2. The number of halogens is 1. The fourth-order valence-corrected chi connectivity index (χ4v) is 1.98. The summed E-state index contributed by atoms with van der Waals surface area (Å²) in [5.41, 5.74) is 7.65. The quantitative estimate of drug-likeness (QED) is 0.880. The van der Waals surface area contributed by atoms with E-state index in [1.165, 1.54) is 25.3 Å². The minimum absolute atomic E-state index is 0.0572. The zero-order valence-electron chi connectivity index (χ0n) is 12.0. The fraction of sp³-hybridized carbons (Fsp3) is 0.188. The van der Waals surface area contributed by atoms with E-state index in [1.54, 1.807) is 24.1 Å². The summed E-state index contributed by atoms with van der Waals surface area (Å²) in [5, 5.41) is 0. The summed E-state index contributed by atoms with van der Waals surface area (Å²) in [6.45, 7) is 0.443. The Kier molecular flexibility index (Phi) is 4.42. The van der Waals surface area contributed by atoms with Crippen LogP contribution in [0.2, 0.25) is 0 Å². The van der Waals surface area contributed by atoms with Gasteiger partial charge in [-0.05, 0) is 35.9 Å². The van der Waals surface area contributed by atoms with Crippen LogP contribution in [0.3, 0.4) is 0 Å². The zero-order chi connectivity index (χ0) is 15.4. The number of ether oxygens (including phenoxy) is 1. The molecule has 0 saturated carbocycles. The predicted molar refractivity (Wildman–Crippen MR) is 79.6 cm³/mol. The molecule has 0 aromatic heterocycles. The van der Waals surface area contributed by atoms with Crippen molar-refractivity contribution >= 4 is 11.6 Å². The fourth-order valence-electron chi connectivity index (χ4n) is 1.98. The Morgan fingerprint density at radius 1 is 1.24 bits per heavy atom. The van der Waals surface area contributed by atoms with Crippen LogP contribution in [0.5, 0.6) is 5.75 Å². The summed E-state index contributed by atoms with van der Waals surface area (Å²) in [7, 11) is 3.05. The molecule has 2 N–H and O–H groups in total. The molecule has 0 aliphatic heterocycles. The second-order valence-electron chi connectivity index (χ2n) is 4.75. The van der Waals surface area contributed by atoms with Gasteiger partial charge in [0.2, 0.25) is 0 Å². The van der Waals surface area contributed by atoms with E-state index in [4.69, 9.17) is 10.5 Å². The highest BCUT2D eigenvalue weighted by Gasteiger charge is 2.14. The summed E-state index contributed by atoms with van der Waals surface area (Å²) in [5.74, 6) is -0.637. The molecule has 0 radical (unpaired) electrons. The number of rotatable bonds is 4. The highest BCUT2D eigenvalue weighted by molar-refractivity contribution is 5.94. The molecule has 0 aliphatic carbocycles. The molecule has 0 saturated heterocycles. The lowest BCUT2D eigenvalue weighted by Crippen LogP contribution is -2.26. The van der Waals surface area contributed by atoms with E-state index >= 15 is 0 Å². The molecule has 2 aromatic carbocycles. The zero-order valence-corrected chi connectivity index (χ0v) is 12.0. The molecule has 4 nitrogen and oxygen atoms in total. The number of methoxy groups -OCH3 is 1. The predicted octanol–water partition coefficient (Wildman–Crippen LogP) is 2.69. The van der Waals surface area contributed by atoms with Crippen molar-refractivity contribution in [2.45, 2.75) is 6.54 Å². The Morgan fingerprint density at radius 2 is 1.90 bits per heavy atom. The highest BCUT2D eigenvalue weighted by atomic mass is 19.1. The van der Waals surface area contributed by atoms with Gasteiger partial charge in [0, 0.05) is 24.8 Å². The summed E-state index contributed by atoms with van der Waals surface area (Å²) < 4.78 is 18.2. The Morgan fingerprint density at radius 3 is 2.52 bits per heavy atom. The van der Waals surface area contributed by atoms with E-state index in [2.05, 4.69) is 0 Å². The van der Waals surface area contributed by atoms with Gasteiger partial charge in [0.25, 0.3) is 5.91 Å². The van der Waals surface area contributed by atoms with Crippen molar-refractivity contribution in [3.63, 3.8) is 0 Å². The third-order valence-electron chi connectivity index (χ3n) is 3.14. The van der Waals surface area contributed by atoms with Crippen LogP contribution in [0.4, 0.5) is 10.1 Å². The number of hydrogen-bond acceptors (Lipinski definition) is 3. The van der Waals surface area contributed by atoms with Crippen LogP contribution in [0.25, 0.3) is 0 Å². The molecular weight excluding hydrogens is 271 g/mol. The number of nitrogen functional groups attached to an aromatic ring is 1. The number of amides is 1.